The van der Waals surface area contributed by atoms with Gasteiger partial charge in [0.15, 0.2) is 10.6 Å². The number of piperazine rings is 1. The zero-order chi connectivity index (χ0) is 24.4. The van der Waals surface area contributed by atoms with E-state index in [1.165, 1.54) is 35.6 Å². The van der Waals surface area contributed by atoms with Crippen LogP contribution in [-0.2, 0) is 0 Å². The van der Waals surface area contributed by atoms with E-state index in [1.807, 2.05) is 0 Å². The minimum atomic E-state index is -0.314. The van der Waals surface area contributed by atoms with Gasteiger partial charge in [-0.2, -0.15) is 10.2 Å². The van der Waals surface area contributed by atoms with Crippen LogP contribution in [0.5, 0.6) is 0 Å². The third kappa shape index (κ3) is 4.96. The fourth-order valence-corrected chi connectivity index (χ4v) is 5.57. The number of benzene rings is 2. The van der Waals surface area contributed by atoms with Gasteiger partial charge >= 0.3 is 0 Å². The molecular formula is C25H21ClF2N6S. The fourth-order valence-electron chi connectivity index (χ4n) is 4.70. The molecule has 3 heterocycles. The monoisotopic (exact) mass is 510 g/mol. The second-order valence-electron chi connectivity index (χ2n) is 8.36. The number of nitriles is 1. The van der Waals surface area contributed by atoms with E-state index in [2.05, 4.69) is 30.8 Å². The summed E-state index contributed by atoms with van der Waals surface area (Å²) in [6, 6.07) is 14.8. The summed E-state index contributed by atoms with van der Waals surface area (Å²) in [4.78, 5) is 18.4. The van der Waals surface area contributed by atoms with Crippen molar-refractivity contribution >= 4 is 39.1 Å². The maximum absolute atomic E-state index is 13.7. The van der Waals surface area contributed by atoms with Crippen LogP contribution in [0.25, 0.3) is 10.3 Å². The summed E-state index contributed by atoms with van der Waals surface area (Å²) < 4.78 is 27.5. The number of thiazole rings is 1. The highest BCUT2D eigenvalue weighted by Gasteiger charge is 2.35. The molecule has 1 atom stereocenters. The predicted molar refractivity (Wildman–Crippen MR) is 132 cm³/mol. The molecule has 35 heavy (non-hydrogen) atoms. The molecule has 0 bridgehead atoms. The molecule has 5 rings (SSSR count). The Labute approximate surface area is 210 Å². The lowest BCUT2D eigenvalue weighted by Gasteiger charge is -2.46. The largest absolute Gasteiger partial charge is 0.352 e. The Kier molecular flexibility index (Phi) is 6.86. The van der Waals surface area contributed by atoms with Gasteiger partial charge in [0.25, 0.3) is 0 Å². The van der Waals surface area contributed by atoms with Gasteiger partial charge in [0, 0.05) is 32.1 Å². The van der Waals surface area contributed by atoms with Crippen molar-refractivity contribution in [2.45, 2.75) is 24.9 Å². The van der Waals surface area contributed by atoms with Crippen LogP contribution in [0.2, 0.25) is 5.28 Å². The Bertz CT molecular complexity index is 1310. The smallest absolute Gasteiger partial charge is 0.225 e. The van der Waals surface area contributed by atoms with E-state index in [1.54, 1.807) is 29.8 Å². The van der Waals surface area contributed by atoms with Gasteiger partial charge in [0.05, 0.1) is 17.6 Å². The van der Waals surface area contributed by atoms with Crippen molar-refractivity contribution in [2.24, 2.45) is 0 Å². The van der Waals surface area contributed by atoms with Gasteiger partial charge < -0.3 is 4.90 Å². The van der Waals surface area contributed by atoms with E-state index in [-0.39, 0.29) is 29.0 Å². The van der Waals surface area contributed by atoms with Gasteiger partial charge in [-0.05, 0) is 53.4 Å². The first kappa shape index (κ1) is 23.5. The lowest BCUT2D eigenvalue weighted by molar-refractivity contribution is 0.132. The van der Waals surface area contributed by atoms with E-state index < -0.39 is 0 Å². The quantitative estimate of drug-likeness (QED) is 0.314. The molecule has 10 heteroatoms. The van der Waals surface area contributed by atoms with E-state index in [0.29, 0.717) is 43.8 Å². The topological polar surface area (TPSA) is 68.9 Å². The number of nitrogens with zero attached hydrogens (tertiary/aromatic N) is 6. The van der Waals surface area contributed by atoms with Crippen molar-refractivity contribution in [1.29, 1.82) is 5.26 Å². The Morgan fingerprint density at radius 3 is 2.31 bits per heavy atom. The normalized spacial score (nSPS) is 16.7. The van der Waals surface area contributed by atoms with Gasteiger partial charge in [-0.1, -0.05) is 24.3 Å². The third-order valence-corrected chi connectivity index (χ3v) is 7.16. The Hall–Kier alpha value is -3.19. The summed E-state index contributed by atoms with van der Waals surface area (Å²) in [6.45, 7) is 1.88. The zero-order valence-corrected chi connectivity index (χ0v) is 20.2. The van der Waals surface area contributed by atoms with Crippen LogP contribution in [0.1, 0.15) is 30.0 Å². The molecule has 1 aliphatic rings. The molecule has 0 spiro atoms. The molecule has 178 valence electrons. The first-order valence-electron chi connectivity index (χ1n) is 11.2. The molecular weight excluding hydrogens is 490 g/mol. The Morgan fingerprint density at radius 1 is 1.03 bits per heavy atom. The van der Waals surface area contributed by atoms with Crippen molar-refractivity contribution < 1.29 is 8.78 Å². The number of rotatable bonds is 6. The van der Waals surface area contributed by atoms with Crippen molar-refractivity contribution in [2.75, 3.05) is 24.5 Å². The molecule has 2 aromatic heterocycles. The van der Waals surface area contributed by atoms with Gasteiger partial charge in [0.1, 0.15) is 17.2 Å². The maximum atomic E-state index is 13.7. The number of anilines is 1. The van der Waals surface area contributed by atoms with E-state index in [0.717, 1.165) is 16.0 Å². The fraction of sp³-hybridized carbons (Fsp3) is 0.280. The molecule has 4 aromatic rings. The summed E-state index contributed by atoms with van der Waals surface area (Å²) in [5.41, 5.74) is 4.24. The van der Waals surface area contributed by atoms with Crippen molar-refractivity contribution in [3.8, 4) is 6.07 Å². The van der Waals surface area contributed by atoms with Crippen LogP contribution in [0.4, 0.5) is 14.6 Å². The molecule has 0 N–H and O–H groups in total. The van der Waals surface area contributed by atoms with Crippen molar-refractivity contribution in [3.63, 3.8) is 0 Å². The average Bonchev–Trinajstić information content (AvgIpc) is 3.33. The molecule has 0 unspecified atom stereocenters. The Morgan fingerprint density at radius 2 is 1.69 bits per heavy atom. The molecule has 0 amide bonds. The molecule has 0 aliphatic carbocycles. The molecule has 0 saturated carbocycles. The third-order valence-electron chi connectivity index (χ3n) is 6.27. The van der Waals surface area contributed by atoms with Gasteiger partial charge in [-0.15, -0.1) is 11.3 Å². The van der Waals surface area contributed by atoms with Gasteiger partial charge in [0.2, 0.25) is 5.28 Å². The molecule has 2 aromatic carbocycles. The first-order valence-corrected chi connectivity index (χ1v) is 12.4. The second kappa shape index (κ2) is 10.2. The highest BCUT2D eigenvalue weighted by Crippen LogP contribution is 2.35. The van der Waals surface area contributed by atoms with Gasteiger partial charge in [-0.3, -0.25) is 4.90 Å². The average molecular weight is 511 g/mol. The first-order chi connectivity index (χ1) is 17.0. The van der Waals surface area contributed by atoms with Crippen LogP contribution in [-0.4, -0.2) is 45.5 Å². The number of fused-ring (bicyclic) bond motifs is 1. The summed E-state index contributed by atoms with van der Waals surface area (Å²) in [5, 5.41) is 9.51. The van der Waals surface area contributed by atoms with E-state index >= 15 is 0 Å². The summed E-state index contributed by atoms with van der Waals surface area (Å²) in [5.74, 6) is 0.0544. The number of aromatic nitrogens is 3. The maximum Gasteiger partial charge on any atom is 0.225 e. The van der Waals surface area contributed by atoms with Crippen molar-refractivity contribution in [1.82, 2.24) is 19.9 Å². The van der Waals surface area contributed by atoms with Crippen molar-refractivity contribution in [3.05, 3.63) is 82.1 Å². The summed E-state index contributed by atoms with van der Waals surface area (Å²) >= 11 is 7.61. The van der Waals surface area contributed by atoms with E-state index in [4.69, 9.17) is 11.6 Å². The van der Waals surface area contributed by atoms with Gasteiger partial charge in [-0.25, -0.2) is 18.7 Å². The van der Waals surface area contributed by atoms with Crippen LogP contribution >= 0.6 is 22.9 Å². The lowest BCUT2D eigenvalue weighted by atomic mass is 9.93. The van der Waals surface area contributed by atoms with Crippen LogP contribution in [0.15, 0.2) is 54.0 Å². The van der Waals surface area contributed by atoms with E-state index in [9.17, 15) is 14.0 Å². The minimum absolute atomic E-state index is 0.0223. The highest BCUT2D eigenvalue weighted by atomic mass is 35.5. The van der Waals surface area contributed by atoms with Crippen LogP contribution in [0, 0.1) is 23.0 Å². The number of hydrogen-bond acceptors (Lipinski definition) is 7. The standard InChI is InChI=1S/C25H21ClF2N6S/c26-25-31-23(21-24(32-25)35-15-30-21)33-12-13-34(20(14-33)2-1-11-29)22(16-3-7-18(27)8-4-16)17-5-9-19(28)10-6-17/h3-10,15,20,22H,1-2,12-14H2/t20-/m1/s1. The highest BCUT2D eigenvalue weighted by molar-refractivity contribution is 7.16. The molecule has 1 saturated heterocycles. The second-order valence-corrected chi connectivity index (χ2v) is 9.53. The molecule has 0 radical (unpaired) electrons. The number of hydrogen-bond donors (Lipinski definition) is 0. The van der Waals surface area contributed by atoms with Crippen LogP contribution in [0.3, 0.4) is 0 Å². The number of halogens is 3. The predicted octanol–water partition coefficient (Wildman–Crippen LogP) is 5.60. The summed E-state index contributed by atoms with van der Waals surface area (Å²) in [6.07, 6.45) is 1.01. The molecule has 1 aliphatic heterocycles. The zero-order valence-electron chi connectivity index (χ0n) is 18.6. The minimum Gasteiger partial charge on any atom is -0.352 e. The lowest BCUT2D eigenvalue weighted by Crippen LogP contribution is -2.54. The van der Waals surface area contributed by atoms with Crippen LogP contribution < -0.4 is 4.90 Å². The molecule has 1 fully saturated rings. The summed E-state index contributed by atoms with van der Waals surface area (Å²) in [7, 11) is 0. The SMILES string of the molecule is N#CCC[C@@H]1CN(c2nc(Cl)nc3scnc23)CCN1C(c1ccc(F)cc1)c1ccc(F)cc1. The molecule has 6 nitrogen and oxygen atoms in total. The Balaban J connectivity index is 1.52.